The number of carboxylic acid groups (broad SMARTS) is 2. The van der Waals surface area contributed by atoms with Crippen LogP contribution in [0.15, 0.2) is 0 Å². The standard InChI is InChI=1S/C5H9NO4.Ni/c6-3(5(9)10)1-2-4(7)8;/h3H,1-2,6H2,(H,7,8)(H,9,10);/t3-;/m0./s1. The van der Waals surface area contributed by atoms with E-state index in [1.165, 1.54) is 0 Å². The molecule has 0 rings (SSSR count). The summed E-state index contributed by atoms with van der Waals surface area (Å²) in [6.07, 6.45) is -0.224. The number of hydrogen-bond acceptors (Lipinski definition) is 3. The number of carboxylic acids is 2. The minimum Gasteiger partial charge on any atom is -0.481 e. The Bertz CT molecular complexity index is 149. The van der Waals surface area contributed by atoms with Crippen molar-refractivity contribution in [2.75, 3.05) is 0 Å². The summed E-state index contributed by atoms with van der Waals surface area (Å²) in [7, 11) is 0. The third-order valence-electron chi connectivity index (χ3n) is 0.986. The van der Waals surface area contributed by atoms with E-state index in [-0.39, 0.29) is 29.3 Å². The fourth-order valence-electron chi connectivity index (χ4n) is 0.402. The summed E-state index contributed by atoms with van der Waals surface area (Å²) in [5.41, 5.74) is 5.00. The maximum absolute atomic E-state index is 9.99. The Morgan fingerprint density at radius 1 is 1.36 bits per heavy atom. The van der Waals surface area contributed by atoms with Gasteiger partial charge in [-0.2, -0.15) is 0 Å². The van der Waals surface area contributed by atoms with Gasteiger partial charge in [-0.15, -0.1) is 0 Å². The molecule has 5 nitrogen and oxygen atoms in total. The van der Waals surface area contributed by atoms with E-state index in [9.17, 15) is 9.59 Å². The van der Waals surface area contributed by atoms with Gasteiger partial charge in [0.15, 0.2) is 0 Å². The first-order valence-corrected chi connectivity index (χ1v) is 2.74. The zero-order valence-corrected chi connectivity index (χ0v) is 6.58. The summed E-state index contributed by atoms with van der Waals surface area (Å²) < 4.78 is 0. The van der Waals surface area contributed by atoms with Crippen molar-refractivity contribution >= 4 is 11.9 Å². The molecule has 6 heteroatoms. The Morgan fingerprint density at radius 2 is 1.82 bits per heavy atom. The van der Waals surface area contributed by atoms with Crippen LogP contribution < -0.4 is 5.73 Å². The third kappa shape index (κ3) is 7.29. The predicted molar refractivity (Wildman–Crippen MR) is 32.5 cm³/mol. The average molecular weight is 206 g/mol. The summed E-state index contributed by atoms with van der Waals surface area (Å²) in [5, 5.41) is 16.3. The summed E-state index contributed by atoms with van der Waals surface area (Å²) in [5.74, 6) is -2.20. The Kier molecular flexibility index (Phi) is 7.25. The van der Waals surface area contributed by atoms with Gasteiger partial charge in [0.05, 0.1) is 0 Å². The number of carbonyl (C=O) groups is 2. The minimum absolute atomic E-state index is 0. The van der Waals surface area contributed by atoms with Crippen LogP contribution in [0.3, 0.4) is 0 Å². The van der Waals surface area contributed by atoms with Crippen LogP contribution in [0.4, 0.5) is 0 Å². The van der Waals surface area contributed by atoms with Crippen LogP contribution in [0.25, 0.3) is 0 Å². The maximum atomic E-state index is 9.99. The SMILES string of the molecule is N[C@@H](CCC(=O)O)C(=O)O.[Ni]. The molecular formula is C5H9NNiO4. The Hall–Kier alpha value is -0.606. The molecule has 0 aromatic heterocycles. The monoisotopic (exact) mass is 205 g/mol. The van der Waals surface area contributed by atoms with Crippen molar-refractivity contribution in [1.82, 2.24) is 0 Å². The first-order valence-electron chi connectivity index (χ1n) is 2.74. The van der Waals surface area contributed by atoms with E-state index in [1.807, 2.05) is 0 Å². The van der Waals surface area contributed by atoms with Crippen molar-refractivity contribution in [2.45, 2.75) is 18.9 Å². The predicted octanol–water partition coefficient (Wildman–Crippen LogP) is -0.739. The Labute approximate surface area is 73.5 Å². The second kappa shape index (κ2) is 6.13. The van der Waals surface area contributed by atoms with Gasteiger partial charge in [0, 0.05) is 22.9 Å². The molecule has 0 amide bonds. The largest absolute Gasteiger partial charge is 0.481 e. The van der Waals surface area contributed by atoms with E-state index in [2.05, 4.69) is 0 Å². The molecule has 1 atom stereocenters. The van der Waals surface area contributed by atoms with E-state index in [4.69, 9.17) is 15.9 Å². The molecule has 0 aliphatic heterocycles. The van der Waals surface area contributed by atoms with E-state index < -0.39 is 18.0 Å². The quantitative estimate of drug-likeness (QED) is 0.525. The van der Waals surface area contributed by atoms with Gasteiger partial charge in [0.1, 0.15) is 6.04 Å². The van der Waals surface area contributed by atoms with Crippen molar-refractivity contribution in [3.05, 3.63) is 0 Å². The van der Waals surface area contributed by atoms with Gasteiger partial charge < -0.3 is 15.9 Å². The molecular weight excluding hydrogens is 197 g/mol. The molecule has 0 aliphatic rings. The minimum atomic E-state index is -1.17. The summed E-state index contributed by atoms with van der Waals surface area (Å²) in [4.78, 5) is 19.9. The Balaban J connectivity index is 0. The Morgan fingerprint density at radius 3 is 2.09 bits per heavy atom. The summed E-state index contributed by atoms with van der Waals surface area (Å²) >= 11 is 0. The van der Waals surface area contributed by atoms with Crippen molar-refractivity contribution in [2.24, 2.45) is 5.73 Å². The van der Waals surface area contributed by atoms with Gasteiger partial charge in [0.2, 0.25) is 0 Å². The van der Waals surface area contributed by atoms with Gasteiger partial charge in [-0.05, 0) is 6.42 Å². The summed E-state index contributed by atoms with van der Waals surface area (Å²) in [6.45, 7) is 0. The van der Waals surface area contributed by atoms with Crippen LogP contribution in [-0.2, 0) is 26.1 Å². The molecule has 0 heterocycles. The molecule has 11 heavy (non-hydrogen) atoms. The molecule has 0 fully saturated rings. The molecule has 0 spiro atoms. The van der Waals surface area contributed by atoms with Gasteiger partial charge in [-0.1, -0.05) is 0 Å². The van der Waals surface area contributed by atoms with Gasteiger partial charge in [-0.3, -0.25) is 9.59 Å². The van der Waals surface area contributed by atoms with Crippen LogP contribution in [0.2, 0.25) is 0 Å². The molecule has 0 saturated carbocycles. The van der Waals surface area contributed by atoms with E-state index in [0.29, 0.717) is 0 Å². The van der Waals surface area contributed by atoms with E-state index >= 15 is 0 Å². The average Bonchev–Trinajstić information content (AvgIpc) is 1.82. The fourth-order valence-corrected chi connectivity index (χ4v) is 0.402. The molecule has 0 bridgehead atoms. The first-order chi connectivity index (χ1) is 4.54. The van der Waals surface area contributed by atoms with Gasteiger partial charge in [-0.25, -0.2) is 0 Å². The zero-order chi connectivity index (χ0) is 8.15. The molecule has 68 valence electrons. The fraction of sp³-hybridized carbons (Fsp3) is 0.600. The number of hydrogen-bond donors (Lipinski definition) is 3. The molecule has 0 aromatic rings. The van der Waals surface area contributed by atoms with Crippen molar-refractivity contribution in [1.29, 1.82) is 0 Å². The smallest absolute Gasteiger partial charge is 0.320 e. The van der Waals surface area contributed by atoms with Crippen LogP contribution in [0.1, 0.15) is 12.8 Å². The molecule has 0 aliphatic carbocycles. The van der Waals surface area contributed by atoms with Crippen molar-refractivity contribution < 1.29 is 36.3 Å². The topological polar surface area (TPSA) is 101 Å². The van der Waals surface area contributed by atoms with Crippen LogP contribution in [0.5, 0.6) is 0 Å². The molecule has 0 radical (unpaired) electrons. The van der Waals surface area contributed by atoms with Crippen molar-refractivity contribution in [3.8, 4) is 0 Å². The molecule has 0 saturated heterocycles. The maximum Gasteiger partial charge on any atom is 0.320 e. The first kappa shape index (κ1) is 13.0. The van der Waals surface area contributed by atoms with Crippen LogP contribution >= 0.6 is 0 Å². The molecule has 4 N–H and O–H groups in total. The second-order valence-electron chi connectivity index (χ2n) is 1.88. The molecule has 0 unspecified atom stereocenters. The zero-order valence-electron chi connectivity index (χ0n) is 5.60. The second-order valence-corrected chi connectivity index (χ2v) is 1.88. The van der Waals surface area contributed by atoms with Crippen molar-refractivity contribution in [3.63, 3.8) is 0 Å². The van der Waals surface area contributed by atoms with Gasteiger partial charge >= 0.3 is 11.9 Å². The third-order valence-corrected chi connectivity index (χ3v) is 0.986. The number of aliphatic carboxylic acids is 2. The molecule has 0 aromatic carbocycles. The van der Waals surface area contributed by atoms with E-state index in [1.54, 1.807) is 0 Å². The van der Waals surface area contributed by atoms with E-state index in [0.717, 1.165) is 0 Å². The van der Waals surface area contributed by atoms with Gasteiger partial charge in [0.25, 0.3) is 0 Å². The summed E-state index contributed by atoms with van der Waals surface area (Å²) in [6, 6.07) is -1.06. The van der Waals surface area contributed by atoms with Crippen LogP contribution in [0, 0.1) is 0 Å². The van der Waals surface area contributed by atoms with Crippen LogP contribution in [-0.4, -0.2) is 28.2 Å². The normalized spacial score (nSPS) is 11.4. The number of nitrogens with two attached hydrogens (primary N) is 1. The number of rotatable bonds is 4.